The van der Waals surface area contributed by atoms with Gasteiger partial charge in [-0.25, -0.2) is 4.79 Å². The summed E-state index contributed by atoms with van der Waals surface area (Å²) in [6.45, 7) is 5.02. The average Bonchev–Trinajstić information content (AvgIpc) is 2.88. The van der Waals surface area contributed by atoms with Gasteiger partial charge >= 0.3 is 5.97 Å². The lowest BCUT2D eigenvalue weighted by Crippen LogP contribution is -2.60. The van der Waals surface area contributed by atoms with Gasteiger partial charge in [-0.05, 0) is 25.2 Å². The molecule has 0 bridgehead atoms. The molecule has 0 aromatic rings. The van der Waals surface area contributed by atoms with Crippen LogP contribution >= 0.6 is 0 Å². The Hall–Kier alpha value is -1.10. The van der Waals surface area contributed by atoms with Crippen molar-refractivity contribution < 1.29 is 19.4 Å². The zero-order valence-electron chi connectivity index (χ0n) is 13.1. The highest BCUT2D eigenvalue weighted by atomic mass is 16.5. The summed E-state index contributed by atoms with van der Waals surface area (Å²) in [5.74, 6) is -0.556. The molecule has 5 heteroatoms. The first-order chi connectivity index (χ1) is 9.90. The molecule has 2 aliphatic rings. The number of carboxylic acid groups (broad SMARTS) is 1. The molecule has 0 atom stereocenters. The molecule has 0 spiro atoms. The molecular weight excluding hydrogens is 270 g/mol. The zero-order valence-corrected chi connectivity index (χ0v) is 13.1. The smallest absolute Gasteiger partial charge is 0.329 e. The van der Waals surface area contributed by atoms with Gasteiger partial charge in [0.2, 0.25) is 5.91 Å². The monoisotopic (exact) mass is 297 g/mol. The zero-order chi connectivity index (χ0) is 15.5. The van der Waals surface area contributed by atoms with E-state index in [-0.39, 0.29) is 11.3 Å². The van der Waals surface area contributed by atoms with Gasteiger partial charge in [-0.1, -0.05) is 26.7 Å². The highest BCUT2D eigenvalue weighted by Gasteiger charge is 2.48. The molecule has 2 fully saturated rings. The van der Waals surface area contributed by atoms with Gasteiger partial charge in [0, 0.05) is 31.5 Å². The second-order valence-corrected chi connectivity index (χ2v) is 7.04. The lowest BCUT2D eigenvalue weighted by atomic mass is 9.76. The van der Waals surface area contributed by atoms with Crippen LogP contribution in [0.25, 0.3) is 0 Å². The Morgan fingerprint density at radius 2 is 1.71 bits per heavy atom. The first-order valence-electron chi connectivity index (χ1n) is 8.04. The predicted octanol–water partition coefficient (Wildman–Crippen LogP) is 2.34. The third-order valence-corrected chi connectivity index (χ3v) is 4.95. The molecule has 0 radical (unpaired) electrons. The predicted molar refractivity (Wildman–Crippen MR) is 78.9 cm³/mol. The van der Waals surface area contributed by atoms with Gasteiger partial charge in [0.15, 0.2) is 0 Å². The molecule has 1 aliphatic heterocycles. The summed E-state index contributed by atoms with van der Waals surface area (Å²) in [6.07, 6.45) is 5.42. The van der Waals surface area contributed by atoms with Crippen LogP contribution in [0.3, 0.4) is 0 Å². The first-order valence-corrected chi connectivity index (χ1v) is 8.04. The molecule has 21 heavy (non-hydrogen) atoms. The molecule has 0 aromatic carbocycles. The van der Waals surface area contributed by atoms with E-state index in [4.69, 9.17) is 4.74 Å². The number of carbonyl (C=O) groups excluding carboxylic acids is 1. The summed E-state index contributed by atoms with van der Waals surface area (Å²) in [6, 6.07) is 0. The second-order valence-electron chi connectivity index (χ2n) is 7.04. The van der Waals surface area contributed by atoms with Crippen molar-refractivity contribution in [2.75, 3.05) is 13.2 Å². The number of amides is 1. The highest BCUT2D eigenvalue weighted by molar-refractivity contribution is 5.90. The maximum Gasteiger partial charge on any atom is 0.329 e. The Labute approximate surface area is 126 Å². The molecule has 0 unspecified atom stereocenters. The lowest BCUT2D eigenvalue weighted by Gasteiger charge is -2.38. The minimum absolute atomic E-state index is 0.0574. The molecule has 5 nitrogen and oxygen atoms in total. The average molecular weight is 297 g/mol. The van der Waals surface area contributed by atoms with Crippen LogP contribution in [0.1, 0.15) is 58.8 Å². The van der Waals surface area contributed by atoms with E-state index in [1.165, 1.54) is 0 Å². The standard InChI is InChI=1S/C16H27NO4/c1-12(2)11-15(5-3-4-6-15)13(18)17-16(14(19)20)7-9-21-10-8-16/h12H,3-11H2,1-2H3,(H,17,18)(H,19,20). The molecule has 1 saturated carbocycles. The van der Waals surface area contributed by atoms with Crippen molar-refractivity contribution in [2.24, 2.45) is 11.3 Å². The maximum atomic E-state index is 12.9. The Kier molecular flexibility index (Phi) is 4.91. The van der Waals surface area contributed by atoms with Crippen molar-refractivity contribution >= 4 is 11.9 Å². The van der Waals surface area contributed by atoms with Crippen LogP contribution in [0, 0.1) is 11.3 Å². The van der Waals surface area contributed by atoms with E-state index in [0.717, 1.165) is 32.1 Å². The van der Waals surface area contributed by atoms with Crippen LogP contribution in [-0.2, 0) is 14.3 Å². The van der Waals surface area contributed by atoms with Crippen molar-refractivity contribution in [3.63, 3.8) is 0 Å². The number of aliphatic carboxylic acids is 1. The number of ether oxygens (including phenoxy) is 1. The topological polar surface area (TPSA) is 75.6 Å². The van der Waals surface area contributed by atoms with Crippen molar-refractivity contribution in [3.05, 3.63) is 0 Å². The van der Waals surface area contributed by atoms with Gasteiger partial charge in [-0.3, -0.25) is 4.79 Å². The third-order valence-electron chi connectivity index (χ3n) is 4.95. The van der Waals surface area contributed by atoms with Crippen LogP contribution in [0.15, 0.2) is 0 Å². The SMILES string of the molecule is CC(C)CC1(C(=O)NC2(C(=O)O)CCOCC2)CCCC1. The summed E-state index contributed by atoms with van der Waals surface area (Å²) in [4.78, 5) is 24.5. The molecule has 1 saturated heterocycles. The van der Waals surface area contributed by atoms with E-state index in [1.807, 2.05) is 0 Å². The van der Waals surface area contributed by atoms with Gasteiger partial charge in [-0.2, -0.15) is 0 Å². The van der Waals surface area contributed by atoms with E-state index in [2.05, 4.69) is 19.2 Å². The van der Waals surface area contributed by atoms with Gasteiger partial charge in [0.25, 0.3) is 0 Å². The van der Waals surface area contributed by atoms with Gasteiger partial charge in [0.05, 0.1) is 0 Å². The van der Waals surface area contributed by atoms with Crippen molar-refractivity contribution in [2.45, 2.75) is 64.3 Å². The number of nitrogens with one attached hydrogen (secondary N) is 1. The lowest BCUT2D eigenvalue weighted by molar-refractivity contribution is -0.154. The minimum atomic E-state index is -1.14. The van der Waals surface area contributed by atoms with Gasteiger partial charge < -0.3 is 15.2 Å². The minimum Gasteiger partial charge on any atom is -0.480 e. The van der Waals surface area contributed by atoms with Crippen LogP contribution < -0.4 is 5.32 Å². The fraction of sp³-hybridized carbons (Fsp3) is 0.875. The number of carboxylic acids is 1. The molecule has 2 N–H and O–H groups in total. The van der Waals surface area contributed by atoms with Crippen LogP contribution in [0.5, 0.6) is 0 Å². The Morgan fingerprint density at radius 1 is 1.14 bits per heavy atom. The summed E-state index contributed by atoms with van der Waals surface area (Å²) >= 11 is 0. The van der Waals surface area contributed by atoms with Crippen LogP contribution in [0.2, 0.25) is 0 Å². The number of rotatable bonds is 5. The quantitative estimate of drug-likeness (QED) is 0.816. The van der Waals surface area contributed by atoms with E-state index in [9.17, 15) is 14.7 Å². The highest BCUT2D eigenvalue weighted by Crippen LogP contribution is 2.44. The van der Waals surface area contributed by atoms with Gasteiger partial charge in [-0.15, -0.1) is 0 Å². The van der Waals surface area contributed by atoms with Crippen LogP contribution in [-0.4, -0.2) is 35.7 Å². The molecular formula is C16H27NO4. The normalized spacial score (nSPS) is 24.0. The molecule has 0 aromatic heterocycles. The van der Waals surface area contributed by atoms with Crippen LogP contribution in [0.4, 0.5) is 0 Å². The Morgan fingerprint density at radius 3 is 2.19 bits per heavy atom. The van der Waals surface area contributed by atoms with E-state index in [0.29, 0.717) is 32.0 Å². The fourth-order valence-electron chi connectivity index (χ4n) is 3.82. The summed E-state index contributed by atoms with van der Waals surface area (Å²) in [7, 11) is 0. The summed E-state index contributed by atoms with van der Waals surface area (Å²) in [5, 5.41) is 12.5. The number of carbonyl (C=O) groups is 2. The molecule has 1 aliphatic carbocycles. The summed E-state index contributed by atoms with van der Waals surface area (Å²) < 4.78 is 5.26. The second kappa shape index (κ2) is 6.34. The Bertz CT molecular complexity index is 393. The Balaban J connectivity index is 2.15. The molecule has 2 rings (SSSR count). The van der Waals surface area contributed by atoms with E-state index in [1.54, 1.807) is 0 Å². The van der Waals surface area contributed by atoms with Crippen molar-refractivity contribution in [3.8, 4) is 0 Å². The third kappa shape index (κ3) is 3.39. The maximum absolute atomic E-state index is 12.9. The summed E-state index contributed by atoms with van der Waals surface area (Å²) in [5.41, 5.74) is -1.50. The molecule has 1 amide bonds. The molecule has 1 heterocycles. The number of hydrogen-bond donors (Lipinski definition) is 2. The van der Waals surface area contributed by atoms with E-state index < -0.39 is 11.5 Å². The largest absolute Gasteiger partial charge is 0.480 e. The van der Waals surface area contributed by atoms with Crippen molar-refractivity contribution in [1.29, 1.82) is 0 Å². The van der Waals surface area contributed by atoms with Crippen molar-refractivity contribution in [1.82, 2.24) is 5.32 Å². The number of hydrogen-bond acceptors (Lipinski definition) is 3. The molecule has 120 valence electrons. The van der Waals surface area contributed by atoms with Gasteiger partial charge in [0.1, 0.15) is 5.54 Å². The fourth-order valence-corrected chi connectivity index (χ4v) is 3.82. The first kappa shape index (κ1) is 16.3. The van der Waals surface area contributed by atoms with E-state index >= 15 is 0 Å².